The molecular formula is C15H18N4O4S. The maximum atomic E-state index is 11.8. The van der Waals surface area contributed by atoms with Gasteiger partial charge in [0.15, 0.2) is 0 Å². The summed E-state index contributed by atoms with van der Waals surface area (Å²) < 4.78 is 0. The number of hydrogen-bond donors (Lipinski definition) is 3. The Kier molecular flexibility index (Phi) is 4.46. The number of nitro benzene ring substituents is 1. The van der Waals surface area contributed by atoms with Crippen LogP contribution < -0.4 is 10.9 Å². The molecule has 1 aliphatic rings. The fraction of sp³-hybridized carbons (Fsp3) is 0.467. The number of rotatable bonds is 6. The van der Waals surface area contributed by atoms with Gasteiger partial charge in [-0.15, -0.1) is 0 Å². The average molecular weight is 350 g/mol. The van der Waals surface area contributed by atoms with Gasteiger partial charge in [0, 0.05) is 17.9 Å². The van der Waals surface area contributed by atoms with Gasteiger partial charge in [0.1, 0.15) is 5.69 Å². The van der Waals surface area contributed by atoms with Crippen molar-refractivity contribution in [1.82, 2.24) is 9.97 Å². The number of nitrogens with one attached hydrogen (secondary N) is 2. The lowest BCUT2D eigenvalue weighted by atomic mass is 9.79. The first-order valence-corrected chi connectivity index (χ1v) is 8.73. The van der Waals surface area contributed by atoms with Crippen LogP contribution in [0.2, 0.25) is 0 Å². The second-order valence-corrected chi connectivity index (χ2v) is 7.29. The van der Waals surface area contributed by atoms with Crippen LogP contribution in [0.3, 0.4) is 0 Å². The quantitative estimate of drug-likeness (QED) is 0.537. The molecule has 1 aromatic carbocycles. The van der Waals surface area contributed by atoms with Crippen LogP contribution in [0.1, 0.15) is 19.8 Å². The number of nitrogens with zero attached hydrogens (tertiary/aromatic N) is 2. The molecule has 1 aromatic heterocycles. The fourth-order valence-corrected chi connectivity index (χ4v) is 4.08. The molecule has 1 heterocycles. The van der Waals surface area contributed by atoms with Gasteiger partial charge in [-0.2, -0.15) is 11.8 Å². The van der Waals surface area contributed by atoms with Crippen LogP contribution in [0.15, 0.2) is 23.3 Å². The highest BCUT2D eigenvalue weighted by molar-refractivity contribution is 8.00. The van der Waals surface area contributed by atoms with Gasteiger partial charge < -0.3 is 15.4 Å². The van der Waals surface area contributed by atoms with Gasteiger partial charge in [0.25, 0.3) is 11.2 Å². The zero-order chi connectivity index (χ0) is 17.3. The Balaban J connectivity index is 1.90. The second-order valence-electron chi connectivity index (χ2n) is 5.82. The lowest BCUT2D eigenvalue weighted by Crippen LogP contribution is -2.54. The van der Waals surface area contributed by atoms with Gasteiger partial charge >= 0.3 is 0 Å². The molecule has 2 unspecified atom stereocenters. The Morgan fingerprint density at radius 1 is 1.58 bits per heavy atom. The van der Waals surface area contributed by atoms with E-state index in [4.69, 9.17) is 0 Å². The van der Waals surface area contributed by atoms with Crippen LogP contribution in [-0.2, 0) is 0 Å². The minimum Gasteiger partial charge on any atom is -0.387 e. The largest absolute Gasteiger partial charge is 0.387 e. The first-order valence-electron chi connectivity index (χ1n) is 7.68. The minimum atomic E-state index is -0.870. The molecule has 0 bridgehead atoms. The lowest BCUT2D eigenvalue weighted by molar-refractivity contribution is -0.383. The fourth-order valence-electron chi connectivity index (χ4n) is 2.88. The highest BCUT2D eigenvalue weighted by Gasteiger charge is 2.45. The summed E-state index contributed by atoms with van der Waals surface area (Å²) in [5.41, 5.74) is -0.876. The molecule has 0 amide bonds. The van der Waals surface area contributed by atoms with Crippen LogP contribution in [0.25, 0.3) is 10.9 Å². The van der Waals surface area contributed by atoms with E-state index in [1.807, 2.05) is 6.92 Å². The smallest absolute Gasteiger partial charge is 0.293 e. The Labute approximate surface area is 141 Å². The van der Waals surface area contributed by atoms with Crippen LogP contribution in [0.4, 0.5) is 11.4 Å². The molecule has 128 valence electrons. The molecule has 24 heavy (non-hydrogen) atoms. The topological polar surface area (TPSA) is 121 Å². The van der Waals surface area contributed by atoms with Crippen molar-refractivity contribution in [3.63, 3.8) is 0 Å². The first-order chi connectivity index (χ1) is 11.4. The number of nitro groups is 1. The van der Waals surface area contributed by atoms with Gasteiger partial charge in [-0.3, -0.25) is 14.9 Å². The monoisotopic (exact) mass is 350 g/mol. The van der Waals surface area contributed by atoms with Crippen molar-refractivity contribution in [2.45, 2.75) is 30.6 Å². The summed E-state index contributed by atoms with van der Waals surface area (Å²) in [6, 6.07) is 2.69. The van der Waals surface area contributed by atoms with Crippen molar-refractivity contribution in [2.75, 3.05) is 17.6 Å². The summed E-state index contributed by atoms with van der Waals surface area (Å²) in [4.78, 5) is 29.0. The molecule has 1 aliphatic carbocycles. The van der Waals surface area contributed by atoms with Gasteiger partial charge in [-0.1, -0.05) is 6.92 Å². The molecule has 2 atom stereocenters. The number of thioether (sulfide) groups is 1. The highest BCUT2D eigenvalue weighted by atomic mass is 32.2. The number of aliphatic hydroxyl groups is 1. The number of H-pyrrole nitrogens is 1. The first kappa shape index (κ1) is 16.7. The SMILES string of the molecule is CCSC1CCC1(O)CNc1cc2nc[nH]c(=O)c2cc1[N+](=O)[O-]. The van der Waals surface area contributed by atoms with Crippen LogP contribution in [0, 0.1) is 10.1 Å². The molecule has 0 radical (unpaired) electrons. The van der Waals surface area contributed by atoms with E-state index < -0.39 is 16.1 Å². The summed E-state index contributed by atoms with van der Waals surface area (Å²) in [5.74, 6) is 0.912. The normalized spacial score (nSPS) is 23.0. The van der Waals surface area contributed by atoms with Crippen molar-refractivity contribution >= 4 is 34.0 Å². The number of aromatic nitrogens is 2. The predicted octanol–water partition coefficient (Wildman–Crippen LogP) is 1.89. The van der Waals surface area contributed by atoms with Crippen LogP contribution in [-0.4, -0.2) is 43.1 Å². The van der Waals surface area contributed by atoms with Gasteiger partial charge in [-0.05, 0) is 24.7 Å². The summed E-state index contributed by atoms with van der Waals surface area (Å²) >= 11 is 1.69. The molecule has 2 aromatic rings. The predicted molar refractivity (Wildman–Crippen MR) is 93.6 cm³/mol. The van der Waals surface area contributed by atoms with Crippen LogP contribution >= 0.6 is 11.8 Å². The lowest BCUT2D eigenvalue weighted by Gasteiger charge is -2.45. The zero-order valence-corrected chi connectivity index (χ0v) is 13.9. The van der Waals surface area contributed by atoms with Crippen molar-refractivity contribution in [3.8, 4) is 0 Å². The third-order valence-electron chi connectivity index (χ3n) is 4.35. The molecule has 1 fully saturated rings. The molecule has 1 saturated carbocycles. The molecule has 0 aliphatic heterocycles. The van der Waals surface area contributed by atoms with Crippen molar-refractivity contribution in [3.05, 3.63) is 38.9 Å². The van der Waals surface area contributed by atoms with E-state index in [9.17, 15) is 20.0 Å². The van der Waals surface area contributed by atoms with Gasteiger partial charge in [0.2, 0.25) is 0 Å². The molecule has 9 heteroatoms. The maximum Gasteiger partial charge on any atom is 0.293 e. The standard InChI is InChI=1S/C15H18N4O4S/c1-2-24-13-3-4-15(13,21)7-16-11-6-10-9(5-12(11)19(22)23)14(20)18-8-17-10/h5-6,8,13,16,21H,2-4,7H2,1H3,(H,17,18,20). The summed E-state index contributed by atoms with van der Waals surface area (Å²) in [7, 11) is 0. The summed E-state index contributed by atoms with van der Waals surface area (Å²) in [5, 5.41) is 25.2. The van der Waals surface area contributed by atoms with E-state index in [1.165, 1.54) is 18.5 Å². The average Bonchev–Trinajstić information content (AvgIpc) is 2.56. The number of benzene rings is 1. The highest BCUT2D eigenvalue weighted by Crippen LogP contribution is 2.41. The van der Waals surface area contributed by atoms with Crippen molar-refractivity contribution in [2.24, 2.45) is 0 Å². The maximum absolute atomic E-state index is 11.8. The zero-order valence-electron chi connectivity index (χ0n) is 13.1. The van der Waals surface area contributed by atoms with E-state index in [2.05, 4.69) is 15.3 Å². The molecule has 3 N–H and O–H groups in total. The second kappa shape index (κ2) is 6.40. The number of anilines is 1. The molecular weight excluding hydrogens is 332 g/mol. The third kappa shape index (κ3) is 2.96. The van der Waals surface area contributed by atoms with Gasteiger partial charge in [0.05, 0.1) is 27.8 Å². The van der Waals surface area contributed by atoms with E-state index in [-0.39, 0.29) is 28.6 Å². The minimum absolute atomic E-state index is 0.135. The molecule has 0 saturated heterocycles. The van der Waals surface area contributed by atoms with Crippen molar-refractivity contribution < 1.29 is 10.0 Å². The molecule has 3 rings (SSSR count). The Morgan fingerprint density at radius 3 is 3.00 bits per heavy atom. The Hall–Kier alpha value is -2.13. The number of hydrogen-bond acceptors (Lipinski definition) is 7. The van der Waals surface area contributed by atoms with Crippen LogP contribution in [0.5, 0.6) is 0 Å². The molecule has 8 nitrogen and oxygen atoms in total. The van der Waals surface area contributed by atoms with E-state index >= 15 is 0 Å². The third-order valence-corrected chi connectivity index (χ3v) is 5.76. The van der Waals surface area contributed by atoms with Gasteiger partial charge in [-0.25, -0.2) is 4.98 Å². The number of aromatic amines is 1. The number of fused-ring (bicyclic) bond motifs is 1. The Morgan fingerprint density at radius 2 is 2.38 bits per heavy atom. The summed E-state index contributed by atoms with van der Waals surface area (Å²) in [6.45, 7) is 2.26. The van der Waals surface area contributed by atoms with Crippen molar-refractivity contribution in [1.29, 1.82) is 0 Å². The Bertz CT molecular complexity index is 840. The van der Waals surface area contributed by atoms with E-state index in [1.54, 1.807) is 11.8 Å². The molecule has 0 spiro atoms. The summed E-state index contributed by atoms with van der Waals surface area (Å²) in [6.07, 6.45) is 2.86. The van der Waals surface area contributed by atoms with E-state index in [0.29, 0.717) is 11.9 Å². The van der Waals surface area contributed by atoms with E-state index in [0.717, 1.165) is 12.2 Å².